The summed E-state index contributed by atoms with van der Waals surface area (Å²) in [6.45, 7) is 7.69. The zero-order chi connectivity index (χ0) is 24.2. The van der Waals surface area contributed by atoms with E-state index in [-0.39, 0.29) is 23.6 Å². The third kappa shape index (κ3) is 5.43. The monoisotopic (exact) mass is 468 g/mol. The first kappa shape index (κ1) is 23.9. The van der Waals surface area contributed by atoms with Gasteiger partial charge in [-0.15, -0.1) is 0 Å². The van der Waals surface area contributed by atoms with E-state index in [0.29, 0.717) is 31.1 Å². The van der Waals surface area contributed by atoms with Crippen LogP contribution in [-0.4, -0.2) is 41.8 Å². The van der Waals surface area contributed by atoms with Crippen LogP contribution < -0.4 is 10.2 Å². The molecule has 3 aromatic rings. The third-order valence-electron chi connectivity index (χ3n) is 5.93. The molecule has 0 bridgehead atoms. The van der Waals surface area contributed by atoms with E-state index in [2.05, 4.69) is 15.2 Å². The van der Waals surface area contributed by atoms with Gasteiger partial charge in [-0.3, -0.25) is 0 Å². The molecule has 1 N–H and O–H groups in total. The Morgan fingerprint density at radius 2 is 1.88 bits per heavy atom. The van der Waals surface area contributed by atoms with E-state index < -0.39 is 6.43 Å². The van der Waals surface area contributed by atoms with Gasteiger partial charge in [0.05, 0.1) is 12.1 Å². The van der Waals surface area contributed by atoms with Crippen LogP contribution in [0.5, 0.6) is 0 Å². The smallest absolute Gasteiger partial charge is 0.407 e. The lowest BCUT2D eigenvalue weighted by atomic mass is 10.0. The van der Waals surface area contributed by atoms with Crippen LogP contribution in [-0.2, 0) is 4.74 Å². The summed E-state index contributed by atoms with van der Waals surface area (Å²) in [7, 11) is 0. The molecule has 6 nitrogen and oxygen atoms in total. The van der Waals surface area contributed by atoms with Gasteiger partial charge in [0.15, 0.2) is 5.82 Å². The second-order valence-corrected chi connectivity index (χ2v) is 9.18. The van der Waals surface area contributed by atoms with E-state index in [1.807, 2.05) is 39.0 Å². The standard InChI is InChI=1S/C26H30F2N4O2/c1-16(2)15-34-26(33)29-18-10-12-32(13-11-18)25-21-9-8-17(3)14-22(21)30-24(31-25)20-7-5-4-6-19(20)23(27)28/h4-9,14,16,18,23H,10-13,15H2,1-3H3,(H,29,33). The number of hydrogen-bond donors (Lipinski definition) is 1. The lowest BCUT2D eigenvalue weighted by Crippen LogP contribution is -2.45. The van der Waals surface area contributed by atoms with Crippen molar-refractivity contribution in [3.63, 3.8) is 0 Å². The fourth-order valence-electron chi connectivity index (χ4n) is 4.16. The molecule has 34 heavy (non-hydrogen) atoms. The Hall–Kier alpha value is -3.29. The van der Waals surface area contributed by atoms with Crippen molar-refractivity contribution in [3.8, 4) is 11.4 Å². The maximum atomic E-state index is 13.7. The zero-order valence-corrected chi connectivity index (χ0v) is 19.7. The molecule has 1 aliphatic rings. The minimum Gasteiger partial charge on any atom is -0.449 e. The molecule has 0 spiro atoms. The van der Waals surface area contributed by atoms with Crippen LogP contribution in [0.15, 0.2) is 42.5 Å². The SMILES string of the molecule is Cc1ccc2c(N3CCC(NC(=O)OCC(C)C)CC3)nc(-c3ccccc3C(F)F)nc2c1. The van der Waals surface area contributed by atoms with E-state index in [1.165, 1.54) is 6.07 Å². The molecule has 180 valence electrons. The number of anilines is 1. The number of nitrogens with one attached hydrogen (secondary N) is 1. The molecule has 4 rings (SSSR count). The van der Waals surface area contributed by atoms with Gasteiger partial charge in [0, 0.05) is 35.6 Å². The first-order chi connectivity index (χ1) is 16.3. The molecule has 0 unspecified atom stereocenters. The minimum atomic E-state index is -2.62. The van der Waals surface area contributed by atoms with Crippen molar-refractivity contribution in [2.75, 3.05) is 24.6 Å². The van der Waals surface area contributed by atoms with E-state index in [1.54, 1.807) is 18.2 Å². The van der Waals surface area contributed by atoms with Crippen molar-refractivity contribution in [1.82, 2.24) is 15.3 Å². The third-order valence-corrected chi connectivity index (χ3v) is 5.93. The second-order valence-electron chi connectivity index (χ2n) is 9.18. The van der Waals surface area contributed by atoms with Crippen LogP contribution in [0.3, 0.4) is 0 Å². The number of benzene rings is 2. The quantitative estimate of drug-likeness (QED) is 0.488. The Morgan fingerprint density at radius 1 is 1.15 bits per heavy atom. The highest BCUT2D eigenvalue weighted by atomic mass is 19.3. The highest BCUT2D eigenvalue weighted by molar-refractivity contribution is 5.91. The molecule has 1 aliphatic heterocycles. The summed E-state index contributed by atoms with van der Waals surface area (Å²) >= 11 is 0. The molecule has 8 heteroatoms. The van der Waals surface area contributed by atoms with Crippen molar-refractivity contribution in [1.29, 1.82) is 0 Å². The topological polar surface area (TPSA) is 67.4 Å². The van der Waals surface area contributed by atoms with Gasteiger partial charge >= 0.3 is 6.09 Å². The Bertz CT molecular complexity index is 1160. The molecule has 1 fully saturated rings. The predicted molar refractivity (Wildman–Crippen MR) is 129 cm³/mol. The summed E-state index contributed by atoms with van der Waals surface area (Å²) in [6, 6.07) is 12.3. The Balaban J connectivity index is 1.60. The van der Waals surface area contributed by atoms with Gasteiger partial charge in [-0.25, -0.2) is 23.5 Å². The van der Waals surface area contributed by atoms with Gasteiger partial charge in [-0.2, -0.15) is 0 Å². The number of aryl methyl sites for hydroxylation is 1. The molecule has 2 aromatic carbocycles. The van der Waals surface area contributed by atoms with Gasteiger partial charge in [0.2, 0.25) is 0 Å². The molecule has 0 aliphatic carbocycles. The van der Waals surface area contributed by atoms with Gasteiger partial charge in [-0.05, 0) is 43.4 Å². The summed E-state index contributed by atoms with van der Waals surface area (Å²) in [5.74, 6) is 1.30. The Morgan fingerprint density at radius 3 is 2.59 bits per heavy atom. The largest absolute Gasteiger partial charge is 0.449 e. The fraction of sp³-hybridized carbons (Fsp3) is 0.423. The normalized spacial score (nSPS) is 14.7. The summed E-state index contributed by atoms with van der Waals surface area (Å²) < 4.78 is 32.6. The Kier molecular flexibility index (Phi) is 7.24. The van der Waals surface area contributed by atoms with E-state index in [0.717, 1.165) is 35.1 Å². The number of fused-ring (bicyclic) bond motifs is 1. The average Bonchev–Trinajstić information content (AvgIpc) is 2.82. The number of halogens is 2. The van der Waals surface area contributed by atoms with Crippen LogP contribution in [0.25, 0.3) is 22.3 Å². The molecule has 0 radical (unpaired) electrons. The number of ether oxygens (including phenoxy) is 1. The number of piperidine rings is 1. The van der Waals surface area contributed by atoms with Gasteiger partial charge in [0.25, 0.3) is 6.43 Å². The Labute approximate surface area is 198 Å². The number of hydrogen-bond acceptors (Lipinski definition) is 5. The molecule has 1 saturated heterocycles. The average molecular weight is 469 g/mol. The summed E-state index contributed by atoms with van der Waals surface area (Å²) in [4.78, 5) is 23.6. The molecule has 0 atom stereocenters. The highest BCUT2D eigenvalue weighted by Crippen LogP contribution is 2.34. The highest BCUT2D eigenvalue weighted by Gasteiger charge is 2.25. The molecule has 2 heterocycles. The van der Waals surface area contributed by atoms with Crippen LogP contribution >= 0.6 is 0 Å². The van der Waals surface area contributed by atoms with Crippen molar-refractivity contribution < 1.29 is 18.3 Å². The van der Waals surface area contributed by atoms with Crippen molar-refractivity contribution >= 4 is 22.8 Å². The number of alkyl carbamates (subject to hydrolysis) is 1. The van der Waals surface area contributed by atoms with E-state index >= 15 is 0 Å². The zero-order valence-electron chi connectivity index (χ0n) is 19.7. The number of carbonyl (C=O) groups is 1. The maximum absolute atomic E-state index is 13.7. The molecule has 1 amide bonds. The fourth-order valence-corrected chi connectivity index (χ4v) is 4.16. The molecule has 0 saturated carbocycles. The van der Waals surface area contributed by atoms with Crippen molar-refractivity contribution in [2.45, 2.75) is 46.1 Å². The first-order valence-corrected chi connectivity index (χ1v) is 11.7. The summed E-state index contributed by atoms with van der Waals surface area (Å²) in [6.07, 6.45) is -1.54. The summed E-state index contributed by atoms with van der Waals surface area (Å²) in [5, 5.41) is 3.83. The molecule has 1 aromatic heterocycles. The number of aromatic nitrogens is 2. The second kappa shape index (κ2) is 10.3. The van der Waals surface area contributed by atoms with Crippen LogP contribution in [0.1, 0.15) is 44.2 Å². The number of amides is 1. The number of nitrogens with zero attached hydrogens (tertiary/aromatic N) is 3. The lowest BCUT2D eigenvalue weighted by Gasteiger charge is -2.33. The number of rotatable bonds is 6. The van der Waals surface area contributed by atoms with Gasteiger partial charge < -0.3 is 15.0 Å². The predicted octanol–water partition coefficient (Wildman–Crippen LogP) is 5.89. The molecular formula is C26H30F2N4O2. The van der Waals surface area contributed by atoms with Crippen LogP contribution in [0, 0.1) is 12.8 Å². The lowest BCUT2D eigenvalue weighted by molar-refractivity contribution is 0.127. The first-order valence-electron chi connectivity index (χ1n) is 11.7. The van der Waals surface area contributed by atoms with Crippen molar-refractivity contribution in [2.24, 2.45) is 5.92 Å². The minimum absolute atomic E-state index is 0.0188. The van der Waals surface area contributed by atoms with Crippen molar-refractivity contribution in [3.05, 3.63) is 53.6 Å². The van der Waals surface area contributed by atoms with Gasteiger partial charge in [-0.1, -0.05) is 44.2 Å². The van der Waals surface area contributed by atoms with Gasteiger partial charge in [0.1, 0.15) is 5.82 Å². The van der Waals surface area contributed by atoms with Crippen LogP contribution in [0.2, 0.25) is 0 Å². The number of alkyl halides is 2. The van der Waals surface area contributed by atoms with Crippen LogP contribution in [0.4, 0.5) is 19.4 Å². The maximum Gasteiger partial charge on any atom is 0.407 e. The van der Waals surface area contributed by atoms with E-state index in [4.69, 9.17) is 9.72 Å². The van der Waals surface area contributed by atoms with E-state index in [9.17, 15) is 13.6 Å². The number of carbonyl (C=O) groups excluding carboxylic acids is 1. The molecular weight excluding hydrogens is 438 g/mol. The summed E-state index contributed by atoms with van der Waals surface area (Å²) in [5.41, 5.74) is 2.02.